The minimum absolute atomic E-state index is 0.119. The molecule has 2 aliphatic rings. The summed E-state index contributed by atoms with van der Waals surface area (Å²) in [5.74, 6) is -1.68. The molecule has 0 aromatic heterocycles. The minimum atomic E-state index is -1.12. The van der Waals surface area contributed by atoms with E-state index in [1.807, 2.05) is 18.2 Å². The number of aliphatic carboxylic acids is 1. The van der Waals surface area contributed by atoms with Gasteiger partial charge < -0.3 is 15.2 Å². The number of hydrogen-bond acceptors (Lipinski definition) is 5. The largest absolute Gasteiger partial charge is 0.480 e. The van der Waals surface area contributed by atoms with Crippen LogP contribution in [-0.4, -0.2) is 47.5 Å². The minimum Gasteiger partial charge on any atom is -0.480 e. The van der Waals surface area contributed by atoms with Crippen molar-refractivity contribution in [1.29, 1.82) is 0 Å². The molecular weight excluding hydrogens is 332 g/mol. The summed E-state index contributed by atoms with van der Waals surface area (Å²) < 4.78 is 4.90. The van der Waals surface area contributed by atoms with Gasteiger partial charge in [0, 0.05) is 31.5 Å². The van der Waals surface area contributed by atoms with Gasteiger partial charge in [0.25, 0.3) is 5.91 Å². The third-order valence-electron chi connectivity index (χ3n) is 4.24. The Morgan fingerprint density at radius 2 is 2.21 bits per heavy atom. The molecule has 24 heavy (non-hydrogen) atoms. The molecule has 0 aliphatic carbocycles. The fourth-order valence-electron chi connectivity index (χ4n) is 3.06. The number of ether oxygens (including phenoxy) is 1. The second-order valence-corrected chi connectivity index (χ2v) is 7.05. The highest BCUT2D eigenvalue weighted by molar-refractivity contribution is 8.02. The van der Waals surface area contributed by atoms with Crippen molar-refractivity contribution in [2.75, 3.05) is 18.6 Å². The molecule has 2 unspecified atom stereocenters. The zero-order valence-electron chi connectivity index (χ0n) is 13.2. The first-order valence-corrected chi connectivity index (χ1v) is 8.45. The lowest BCUT2D eigenvalue weighted by Crippen LogP contribution is -2.56. The van der Waals surface area contributed by atoms with Gasteiger partial charge in [-0.1, -0.05) is 23.9 Å². The molecule has 1 aromatic rings. The van der Waals surface area contributed by atoms with Crippen LogP contribution in [-0.2, 0) is 19.1 Å². The summed E-state index contributed by atoms with van der Waals surface area (Å²) >= 11 is 1.31. The SMILES string of the molecule is COCCC(NC(=O)C12CCC(=O)N1c1ccccc1S2)C(=O)O. The first-order valence-electron chi connectivity index (χ1n) is 7.63. The maximum atomic E-state index is 12.9. The highest BCUT2D eigenvalue weighted by Crippen LogP contribution is 2.55. The number of thioether (sulfide) groups is 1. The summed E-state index contributed by atoms with van der Waals surface area (Å²) in [6, 6.07) is 6.29. The van der Waals surface area contributed by atoms with Crippen molar-refractivity contribution in [3.63, 3.8) is 0 Å². The van der Waals surface area contributed by atoms with Gasteiger partial charge in [0.2, 0.25) is 5.91 Å². The van der Waals surface area contributed by atoms with Crippen LogP contribution in [0.2, 0.25) is 0 Å². The van der Waals surface area contributed by atoms with Gasteiger partial charge in [-0.2, -0.15) is 0 Å². The van der Waals surface area contributed by atoms with Crippen LogP contribution in [0.4, 0.5) is 5.69 Å². The molecule has 0 radical (unpaired) electrons. The van der Waals surface area contributed by atoms with Gasteiger partial charge in [-0.25, -0.2) is 4.79 Å². The Hall–Kier alpha value is -2.06. The van der Waals surface area contributed by atoms with Crippen molar-refractivity contribution in [3.05, 3.63) is 24.3 Å². The molecule has 1 aromatic carbocycles. The average Bonchev–Trinajstić information content (AvgIpc) is 3.07. The molecule has 1 saturated heterocycles. The molecule has 7 nitrogen and oxygen atoms in total. The molecule has 0 saturated carbocycles. The maximum Gasteiger partial charge on any atom is 0.326 e. The average molecular weight is 350 g/mol. The highest BCUT2D eigenvalue weighted by atomic mass is 32.2. The van der Waals surface area contributed by atoms with Crippen LogP contribution in [0.5, 0.6) is 0 Å². The molecule has 2 aliphatic heterocycles. The van der Waals surface area contributed by atoms with Gasteiger partial charge >= 0.3 is 5.97 Å². The molecule has 3 rings (SSSR count). The van der Waals surface area contributed by atoms with E-state index in [9.17, 15) is 19.5 Å². The smallest absolute Gasteiger partial charge is 0.326 e. The fraction of sp³-hybridized carbons (Fsp3) is 0.438. The Morgan fingerprint density at radius 3 is 2.92 bits per heavy atom. The van der Waals surface area contributed by atoms with E-state index in [2.05, 4.69) is 5.32 Å². The predicted octanol–water partition coefficient (Wildman–Crippen LogP) is 1.22. The van der Waals surface area contributed by atoms with E-state index >= 15 is 0 Å². The van der Waals surface area contributed by atoms with E-state index in [4.69, 9.17) is 4.74 Å². The lowest BCUT2D eigenvalue weighted by Gasteiger charge is -2.30. The number of benzene rings is 1. The zero-order valence-corrected chi connectivity index (χ0v) is 14.0. The van der Waals surface area contributed by atoms with Crippen molar-refractivity contribution in [2.45, 2.75) is 35.1 Å². The zero-order chi connectivity index (χ0) is 17.3. The van der Waals surface area contributed by atoms with Crippen LogP contribution in [0.1, 0.15) is 19.3 Å². The molecule has 1 fully saturated rings. The fourth-order valence-corrected chi connectivity index (χ4v) is 4.48. The molecule has 2 amide bonds. The summed E-state index contributed by atoms with van der Waals surface area (Å²) in [6.45, 7) is 0.222. The monoisotopic (exact) mass is 350 g/mol. The van der Waals surface area contributed by atoms with Gasteiger partial charge in [0.15, 0.2) is 4.87 Å². The van der Waals surface area contributed by atoms with E-state index in [0.29, 0.717) is 12.1 Å². The molecule has 0 spiro atoms. The normalized spacial score (nSPS) is 22.9. The second-order valence-electron chi connectivity index (χ2n) is 5.73. The van der Waals surface area contributed by atoms with Crippen LogP contribution < -0.4 is 10.2 Å². The van der Waals surface area contributed by atoms with Crippen molar-refractivity contribution >= 4 is 35.2 Å². The van der Waals surface area contributed by atoms with Gasteiger partial charge in [-0.15, -0.1) is 0 Å². The lowest BCUT2D eigenvalue weighted by atomic mass is 10.1. The van der Waals surface area contributed by atoms with Crippen molar-refractivity contribution in [1.82, 2.24) is 5.32 Å². The quantitative estimate of drug-likeness (QED) is 0.801. The molecule has 8 heteroatoms. The standard InChI is InChI=1S/C16H18N2O5S/c1-23-9-7-10(14(20)21)17-15(22)16-8-6-13(19)18(16)11-4-2-3-5-12(11)24-16/h2-5,10H,6-9H2,1H3,(H,17,22)(H,20,21). The topological polar surface area (TPSA) is 95.9 Å². The van der Waals surface area contributed by atoms with E-state index in [1.54, 1.807) is 6.07 Å². The van der Waals surface area contributed by atoms with Crippen LogP contribution >= 0.6 is 11.8 Å². The molecule has 2 atom stereocenters. The number of methoxy groups -OCH3 is 1. The third-order valence-corrected chi connectivity index (χ3v) is 5.72. The Labute approximate surface area is 143 Å². The number of carboxylic acids is 1. The number of para-hydroxylation sites is 1. The van der Waals surface area contributed by atoms with Gasteiger partial charge in [0.1, 0.15) is 6.04 Å². The summed E-state index contributed by atoms with van der Waals surface area (Å²) in [5.41, 5.74) is 0.712. The van der Waals surface area contributed by atoms with E-state index in [-0.39, 0.29) is 25.4 Å². The van der Waals surface area contributed by atoms with Gasteiger partial charge in [-0.05, 0) is 18.6 Å². The summed E-state index contributed by atoms with van der Waals surface area (Å²) in [5, 5.41) is 11.9. The van der Waals surface area contributed by atoms with E-state index in [0.717, 1.165) is 4.90 Å². The first-order chi connectivity index (χ1) is 11.5. The number of carboxylic acid groups (broad SMARTS) is 1. The number of rotatable bonds is 6. The first kappa shape index (κ1) is 16.8. The summed E-state index contributed by atoms with van der Waals surface area (Å²) in [4.78, 5) is 37.9. The predicted molar refractivity (Wildman–Crippen MR) is 87.8 cm³/mol. The maximum absolute atomic E-state index is 12.9. The van der Waals surface area contributed by atoms with Gasteiger partial charge in [0.05, 0.1) is 5.69 Å². The van der Waals surface area contributed by atoms with Crippen LogP contribution in [0, 0.1) is 0 Å². The highest BCUT2D eigenvalue weighted by Gasteiger charge is 2.57. The number of nitrogens with one attached hydrogen (secondary N) is 1. The van der Waals surface area contributed by atoms with Crippen molar-refractivity contribution in [3.8, 4) is 0 Å². The van der Waals surface area contributed by atoms with Gasteiger partial charge in [-0.3, -0.25) is 14.5 Å². The number of carbonyl (C=O) groups excluding carboxylic acids is 2. The van der Waals surface area contributed by atoms with Crippen LogP contribution in [0.3, 0.4) is 0 Å². The Morgan fingerprint density at radius 1 is 1.46 bits per heavy atom. The number of anilines is 1. The molecular formula is C16H18N2O5S. The van der Waals surface area contributed by atoms with E-state index < -0.39 is 22.8 Å². The lowest BCUT2D eigenvalue weighted by molar-refractivity contribution is -0.142. The number of nitrogens with zero attached hydrogens (tertiary/aromatic N) is 1. The molecule has 2 heterocycles. The number of fused-ring (bicyclic) bond motifs is 3. The van der Waals surface area contributed by atoms with Crippen molar-refractivity contribution in [2.24, 2.45) is 0 Å². The Balaban J connectivity index is 1.86. The molecule has 2 N–H and O–H groups in total. The molecule has 0 bridgehead atoms. The third kappa shape index (κ3) is 2.65. The van der Waals surface area contributed by atoms with E-state index in [1.165, 1.54) is 23.8 Å². The van der Waals surface area contributed by atoms with Crippen LogP contribution in [0.25, 0.3) is 0 Å². The summed E-state index contributed by atoms with van der Waals surface area (Å²) in [7, 11) is 1.47. The van der Waals surface area contributed by atoms with Crippen LogP contribution in [0.15, 0.2) is 29.2 Å². The second kappa shape index (κ2) is 6.45. The number of carbonyl (C=O) groups is 3. The Kier molecular flexibility index (Phi) is 4.51. The Bertz CT molecular complexity index is 695. The number of hydrogen-bond donors (Lipinski definition) is 2. The molecule has 128 valence electrons. The summed E-state index contributed by atoms with van der Waals surface area (Å²) in [6.07, 6.45) is 0.789. The van der Waals surface area contributed by atoms with Crippen molar-refractivity contribution < 1.29 is 24.2 Å². The number of amides is 2.